The smallest absolute Gasteiger partial charge is 0.148 e. The lowest BCUT2D eigenvalue weighted by atomic mass is 9.73. The fourth-order valence-electron chi connectivity index (χ4n) is 2.14. The minimum absolute atomic E-state index is 1.10. The molecule has 0 amide bonds. The minimum Gasteiger partial charge on any atom is -0.233 e. The van der Waals surface area contributed by atoms with Crippen LogP contribution in [0.5, 0.6) is 0 Å². The fourth-order valence-corrected chi connectivity index (χ4v) is 2.14. The lowest BCUT2D eigenvalue weighted by molar-refractivity contribution is 0.911. The van der Waals surface area contributed by atoms with Crippen molar-refractivity contribution >= 4 is 23.6 Å². The highest BCUT2D eigenvalue weighted by molar-refractivity contribution is 6.51. The van der Waals surface area contributed by atoms with Crippen molar-refractivity contribution in [2.24, 2.45) is 0 Å². The molecule has 1 heterocycles. The zero-order valence-electron chi connectivity index (χ0n) is 10.6. The molecule has 0 bridgehead atoms. The van der Waals surface area contributed by atoms with E-state index in [2.05, 4.69) is 61.8 Å². The summed E-state index contributed by atoms with van der Waals surface area (Å²) < 4.78 is 1.99. The highest BCUT2D eigenvalue weighted by Crippen LogP contribution is 2.18. The molecule has 1 radical (unpaired) electrons. The molecule has 1 aromatic heterocycles. The minimum atomic E-state index is 1.10. The summed E-state index contributed by atoms with van der Waals surface area (Å²) in [4.78, 5) is 0. The average Bonchev–Trinajstić information content (AvgIpc) is 2.82. The van der Waals surface area contributed by atoms with Gasteiger partial charge in [-0.1, -0.05) is 36.6 Å². The van der Waals surface area contributed by atoms with Crippen molar-refractivity contribution < 1.29 is 0 Å². The van der Waals surface area contributed by atoms with Crippen molar-refractivity contribution in [3.8, 4) is 5.69 Å². The molecular weight excluding hydrogens is 219 g/mol. The first-order chi connectivity index (χ1) is 8.78. The van der Waals surface area contributed by atoms with Crippen molar-refractivity contribution in [3.63, 3.8) is 0 Å². The van der Waals surface area contributed by atoms with Crippen molar-refractivity contribution in [1.29, 1.82) is 0 Å². The maximum Gasteiger partial charge on any atom is 0.148 e. The van der Waals surface area contributed by atoms with Gasteiger partial charge in [-0.05, 0) is 30.7 Å². The first-order valence-corrected chi connectivity index (χ1v) is 6.12. The molecule has 0 atom stereocenters. The van der Waals surface area contributed by atoms with Gasteiger partial charge in [-0.2, -0.15) is 5.10 Å². The molecule has 0 aliphatic rings. The van der Waals surface area contributed by atoms with Gasteiger partial charge in [-0.3, -0.25) is 0 Å². The van der Waals surface area contributed by atoms with Gasteiger partial charge in [0.25, 0.3) is 0 Å². The molecule has 0 fully saturated rings. The Kier molecular flexibility index (Phi) is 2.67. The van der Waals surface area contributed by atoms with Crippen molar-refractivity contribution in [2.45, 2.75) is 13.7 Å². The summed E-state index contributed by atoms with van der Waals surface area (Å²) in [5.74, 6) is 0. The van der Waals surface area contributed by atoms with E-state index < -0.39 is 0 Å². The molecule has 2 aromatic carbocycles. The maximum atomic E-state index is 4.47. The molecule has 0 aliphatic carbocycles. The second-order valence-electron chi connectivity index (χ2n) is 4.50. The van der Waals surface area contributed by atoms with Gasteiger partial charge in [0.2, 0.25) is 0 Å². The molecular formula is C15H14BN2. The molecule has 0 unspecified atom stereocenters. The number of fused-ring (bicyclic) bond motifs is 1. The number of nitrogens with zero attached hydrogens (tertiary/aromatic N) is 2. The molecule has 0 N–H and O–H groups in total. The van der Waals surface area contributed by atoms with E-state index >= 15 is 0 Å². The van der Waals surface area contributed by atoms with Crippen LogP contribution in [0.1, 0.15) is 5.56 Å². The number of aromatic nitrogens is 2. The predicted octanol–water partition coefficient (Wildman–Crippen LogP) is 2.71. The molecule has 3 heteroatoms. The Bertz CT molecular complexity index is 683. The Labute approximate surface area is 107 Å². The summed E-state index contributed by atoms with van der Waals surface area (Å²) in [6.07, 6.45) is 1.91. The first-order valence-electron chi connectivity index (χ1n) is 6.12. The Hall–Kier alpha value is -2.03. The molecule has 0 saturated heterocycles. The van der Waals surface area contributed by atoms with Gasteiger partial charge in [-0.15, -0.1) is 0 Å². The predicted molar refractivity (Wildman–Crippen MR) is 77.1 cm³/mol. The number of rotatable bonds is 2. The van der Waals surface area contributed by atoms with Gasteiger partial charge < -0.3 is 0 Å². The van der Waals surface area contributed by atoms with E-state index in [1.807, 2.05) is 17.7 Å². The molecule has 0 saturated carbocycles. The summed E-state index contributed by atoms with van der Waals surface area (Å²) in [6, 6.07) is 14.8. The molecule has 3 rings (SSSR count). The number of benzene rings is 2. The normalized spacial score (nSPS) is 10.8. The van der Waals surface area contributed by atoms with Crippen LogP contribution in [0, 0.1) is 6.92 Å². The maximum absolute atomic E-state index is 4.47. The Balaban J connectivity index is 2.15. The summed E-state index contributed by atoms with van der Waals surface area (Å²) in [5, 5.41) is 5.64. The molecule has 0 spiro atoms. The molecule has 3 aromatic rings. The van der Waals surface area contributed by atoms with Crippen LogP contribution >= 0.6 is 0 Å². The van der Waals surface area contributed by atoms with Gasteiger partial charge in [0.15, 0.2) is 0 Å². The van der Waals surface area contributed by atoms with Crippen LogP contribution < -0.4 is 5.46 Å². The van der Waals surface area contributed by atoms with Gasteiger partial charge in [0.1, 0.15) is 7.28 Å². The van der Waals surface area contributed by atoms with E-state index in [0.29, 0.717) is 0 Å². The van der Waals surface area contributed by atoms with E-state index in [1.54, 1.807) is 0 Å². The van der Waals surface area contributed by atoms with Crippen molar-refractivity contribution in [1.82, 2.24) is 9.78 Å². The average molecular weight is 233 g/mol. The third kappa shape index (κ3) is 1.82. The number of aryl methyl sites for hydroxylation is 1. The largest absolute Gasteiger partial charge is 0.233 e. The second kappa shape index (κ2) is 4.33. The number of hydrogen-bond acceptors (Lipinski definition) is 1. The van der Waals surface area contributed by atoms with Crippen molar-refractivity contribution in [3.05, 3.63) is 54.2 Å². The topological polar surface area (TPSA) is 17.8 Å². The fraction of sp³-hybridized carbons (Fsp3) is 0.133. The summed E-state index contributed by atoms with van der Waals surface area (Å²) in [7, 11) is 2.09. The molecule has 87 valence electrons. The SMILES string of the molecule is C[B]c1ccc(-n2ncc3ccc(C)cc32)cc1. The highest BCUT2D eigenvalue weighted by Gasteiger charge is 2.04. The van der Waals surface area contributed by atoms with Crippen LogP contribution in [0.25, 0.3) is 16.6 Å². The number of hydrogen-bond donors (Lipinski definition) is 0. The van der Waals surface area contributed by atoms with Crippen molar-refractivity contribution in [2.75, 3.05) is 0 Å². The van der Waals surface area contributed by atoms with E-state index in [4.69, 9.17) is 0 Å². The third-order valence-electron chi connectivity index (χ3n) is 3.20. The monoisotopic (exact) mass is 233 g/mol. The van der Waals surface area contributed by atoms with E-state index in [1.165, 1.54) is 16.4 Å². The van der Waals surface area contributed by atoms with Crippen LogP contribution in [0.2, 0.25) is 6.82 Å². The third-order valence-corrected chi connectivity index (χ3v) is 3.20. The molecule has 18 heavy (non-hydrogen) atoms. The first kappa shape index (κ1) is 11.1. The van der Waals surface area contributed by atoms with Gasteiger partial charge >= 0.3 is 0 Å². The standard InChI is InChI=1S/C15H14BN2/c1-11-3-4-12-10-17-18(15(12)9-11)14-7-5-13(16-2)6-8-14/h3-10H,1-2H3. The zero-order chi connectivity index (χ0) is 12.5. The molecule has 2 nitrogen and oxygen atoms in total. The quantitative estimate of drug-likeness (QED) is 0.622. The summed E-state index contributed by atoms with van der Waals surface area (Å²) in [5.41, 5.74) is 4.73. The van der Waals surface area contributed by atoms with Gasteiger partial charge in [0.05, 0.1) is 17.4 Å². The Morgan fingerprint density at radius 3 is 2.56 bits per heavy atom. The summed E-state index contributed by atoms with van der Waals surface area (Å²) in [6.45, 7) is 4.15. The second-order valence-corrected chi connectivity index (χ2v) is 4.50. The lowest BCUT2D eigenvalue weighted by Crippen LogP contribution is -2.10. The molecule has 0 aliphatic heterocycles. The van der Waals surface area contributed by atoms with E-state index in [9.17, 15) is 0 Å². The van der Waals surface area contributed by atoms with Crippen LogP contribution in [0.15, 0.2) is 48.7 Å². The lowest BCUT2D eigenvalue weighted by Gasteiger charge is -2.05. The van der Waals surface area contributed by atoms with Crippen LogP contribution in [-0.2, 0) is 0 Å². The van der Waals surface area contributed by atoms with Gasteiger partial charge in [-0.25, -0.2) is 4.68 Å². The van der Waals surface area contributed by atoms with Crippen LogP contribution in [0.3, 0.4) is 0 Å². The van der Waals surface area contributed by atoms with E-state index in [-0.39, 0.29) is 0 Å². The van der Waals surface area contributed by atoms with Crippen LogP contribution in [-0.4, -0.2) is 17.1 Å². The van der Waals surface area contributed by atoms with E-state index in [0.717, 1.165) is 11.2 Å². The zero-order valence-corrected chi connectivity index (χ0v) is 10.6. The van der Waals surface area contributed by atoms with Crippen LogP contribution in [0.4, 0.5) is 0 Å². The summed E-state index contributed by atoms with van der Waals surface area (Å²) >= 11 is 0. The van der Waals surface area contributed by atoms with Gasteiger partial charge in [0, 0.05) is 5.39 Å². The highest BCUT2D eigenvalue weighted by atomic mass is 15.3. The Morgan fingerprint density at radius 2 is 1.83 bits per heavy atom. The Morgan fingerprint density at radius 1 is 1.06 bits per heavy atom.